The van der Waals surface area contributed by atoms with Gasteiger partial charge in [-0.25, -0.2) is 4.39 Å². The van der Waals surface area contributed by atoms with Crippen molar-refractivity contribution in [3.8, 4) is 0 Å². The van der Waals surface area contributed by atoms with Gasteiger partial charge >= 0.3 is 0 Å². The minimum atomic E-state index is -0.719. The summed E-state index contributed by atoms with van der Waals surface area (Å²) < 4.78 is 13.7. The molecule has 4 rings (SSSR count). The van der Waals surface area contributed by atoms with Gasteiger partial charge in [-0.05, 0) is 40.8 Å². The van der Waals surface area contributed by atoms with Crippen LogP contribution in [0, 0.1) is 5.82 Å². The molecule has 4 aromatic rings. The Morgan fingerprint density at radius 3 is 1.82 bits per heavy atom. The van der Waals surface area contributed by atoms with Gasteiger partial charge in [0.05, 0.1) is 0 Å². The molecule has 0 aliphatic heterocycles. The van der Waals surface area contributed by atoms with Gasteiger partial charge in [-0.2, -0.15) is 0 Å². The number of benzene rings is 4. The molecule has 1 N–H and O–H groups in total. The lowest BCUT2D eigenvalue weighted by molar-refractivity contribution is -0.141. The zero-order chi connectivity index (χ0) is 27.5. The third kappa shape index (κ3) is 7.87. The summed E-state index contributed by atoms with van der Waals surface area (Å²) in [4.78, 5) is 29.5. The van der Waals surface area contributed by atoms with Gasteiger partial charge in [0.25, 0.3) is 0 Å². The van der Waals surface area contributed by atoms with Crippen molar-refractivity contribution in [1.82, 2.24) is 10.2 Å². The summed E-state index contributed by atoms with van der Waals surface area (Å²) in [6, 6.07) is 35.1. The van der Waals surface area contributed by atoms with E-state index in [-0.39, 0.29) is 36.5 Å². The maximum Gasteiger partial charge on any atom is 0.243 e. The number of nitrogens with zero attached hydrogens (tertiary/aromatic N) is 1. The van der Waals surface area contributed by atoms with Gasteiger partial charge in [0.15, 0.2) is 0 Å². The fourth-order valence-corrected chi connectivity index (χ4v) is 4.80. The van der Waals surface area contributed by atoms with Crippen molar-refractivity contribution >= 4 is 11.8 Å². The Kier molecular flexibility index (Phi) is 10.0. The van der Waals surface area contributed by atoms with E-state index in [0.29, 0.717) is 13.0 Å². The molecule has 39 heavy (non-hydrogen) atoms. The van der Waals surface area contributed by atoms with E-state index in [1.807, 2.05) is 97.9 Å². The van der Waals surface area contributed by atoms with Crippen LogP contribution in [0.4, 0.5) is 4.39 Å². The van der Waals surface area contributed by atoms with E-state index in [4.69, 9.17) is 0 Å². The van der Waals surface area contributed by atoms with Gasteiger partial charge in [0.2, 0.25) is 11.8 Å². The van der Waals surface area contributed by atoms with E-state index in [1.54, 1.807) is 17.0 Å². The van der Waals surface area contributed by atoms with Crippen molar-refractivity contribution in [2.75, 3.05) is 6.54 Å². The molecule has 0 aliphatic rings. The summed E-state index contributed by atoms with van der Waals surface area (Å²) in [6.07, 6.45) is 1.37. The monoisotopic (exact) mass is 522 g/mol. The lowest BCUT2D eigenvalue weighted by atomic mass is 9.87. The highest BCUT2D eigenvalue weighted by molar-refractivity contribution is 5.88. The van der Waals surface area contributed by atoms with Crippen molar-refractivity contribution in [2.45, 2.75) is 44.7 Å². The predicted octanol–water partition coefficient (Wildman–Crippen LogP) is 6.51. The molecule has 5 heteroatoms. The van der Waals surface area contributed by atoms with E-state index in [1.165, 1.54) is 12.1 Å². The molecule has 4 aromatic carbocycles. The Hall–Kier alpha value is -4.25. The molecule has 200 valence electrons. The van der Waals surface area contributed by atoms with Gasteiger partial charge in [-0.15, -0.1) is 0 Å². The van der Waals surface area contributed by atoms with Crippen molar-refractivity contribution in [3.05, 3.63) is 143 Å². The molecule has 4 nitrogen and oxygen atoms in total. The number of carbonyl (C=O) groups is 2. The Balaban J connectivity index is 1.71. The fraction of sp³-hybridized carbons (Fsp3) is 0.235. The normalized spacial score (nSPS) is 11.7. The highest BCUT2D eigenvalue weighted by Gasteiger charge is 2.32. The average molecular weight is 523 g/mol. The van der Waals surface area contributed by atoms with Crippen LogP contribution in [0.3, 0.4) is 0 Å². The molecule has 0 spiro atoms. The van der Waals surface area contributed by atoms with E-state index in [9.17, 15) is 14.0 Å². The highest BCUT2D eigenvalue weighted by atomic mass is 19.1. The molecular weight excluding hydrogens is 487 g/mol. The smallest absolute Gasteiger partial charge is 0.243 e. The average Bonchev–Trinajstić information content (AvgIpc) is 2.98. The Labute approximate surface area is 230 Å². The first-order valence-electron chi connectivity index (χ1n) is 13.5. The van der Waals surface area contributed by atoms with Crippen molar-refractivity contribution in [2.24, 2.45) is 0 Å². The maximum atomic E-state index is 14.3. The summed E-state index contributed by atoms with van der Waals surface area (Å²) in [5.74, 6) is -0.838. The summed E-state index contributed by atoms with van der Waals surface area (Å²) in [7, 11) is 0. The third-order valence-corrected chi connectivity index (χ3v) is 6.87. The van der Waals surface area contributed by atoms with Crippen molar-refractivity contribution in [1.29, 1.82) is 0 Å². The van der Waals surface area contributed by atoms with Gasteiger partial charge in [-0.1, -0.05) is 110 Å². The zero-order valence-corrected chi connectivity index (χ0v) is 22.3. The molecule has 0 aliphatic carbocycles. The molecular formula is C34H35FN2O2. The van der Waals surface area contributed by atoms with Gasteiger partial charge in [-0.3, -0.25) is 9.59 Å². The topological polar surface area (TPSA) is 49.4 Å². The quantitative estimate of drug-likeness (QED) is 0.230. The molecule has 0 radical (unpaired) electrons. The minimum absolute atomic E-state index is 0.135. The predicted molar refractivity (Wildman–Crippen MR) is 154 cm³/mol. The maximum absolute atomic E-state index is 14.3. The number of rotatable bonds is 12. The summed E-state index contributed by atoms with van der Waals surface area (Å²) >= 11 is 0. The Morgan fingerprint density at radius 2 is 1.28 bits per heavy atom. The molecule has 0 fully saturated rings. The molecule has 1 atom stereocenters. The van der Waals surface area contributed by atoms with Crippen LogP contribution in [0.2, 0.25) is 0 Å². The largest absolute Gasteiger partial charge is 0.354 e. The lowest BCUT2D eigenvalue weighted by Gasteiger charge is -2.33. The molecule has 0 heterocycles. The minimum Gasteiger partial charge on any atom is -0.354 e. The second-order valence-electron chi connectivity index (χ2n) is 9.72. The number of nitrogens with one attached hydrogen (secondary N) is 1. The van der Waals surface area contributed by atoms with Crippen LogP contribution in [0.15, 0.2) is 115 Å². The summed E-state index contributed by atoms with van der Waals surface area (Å²) in [5, 5.41) is 3.01. The zero-order valence-electron chi connectivity index (χ0n) is 22.3. The SMILES string of the molecule is CCCNC(=O)C(Cc1ccccc1)N(Cc1ccc(F)cc1)C(=O)CC(c1ccccc1)c1ccccc1. The third-order valence-electron chi connectivity index (χ3n) is 6.87. The second-order valence-corrected chi connectivity index (χ2v) is 9.72. The van der Waals surface area contributed by atoms with Crippen LogP contribution in [-0.4, -0.2) is 29.3 Å². The van der Waals surface area contributed by atoms with Crippen molar-refractivity contribution in [3.63, 3.8) is 0 Å². The molecule has 2 amide bonds. The molecule has 0 bridgehead atoms. The first-order valence-corrected chi connectivity index (χ1v) is 13.5. The van der Waals surface area contributed by atoms with Gasteiger partial charge in [0.1, 0.15) is 11.9 Å². The number of hydrogen-bond acceptors (Lipinski definition) is 2. The van der Waals surface area contributed by atoms with E-state index in [2.05, 4.69) is 5.32 Å². The van der Waals surface area contributed by atoms with Crippen molar-refractivity contribution < 1.29 is 14.0 Å². The highest BCUT2D eigenvalue weighted by Crippen LogP contribution is 2.30. The second kappa shape index (κ2) is 14.1. The number of hydrogen-bond donors (Lipinski definition) is 1. The van der Waals surface area contributed by atoms with E-state index < -0.39 is 6.04 Å². The first kappa shape index (κ1) is 27.8. The fourth-order valence-electron chi connectivity index (χ4n) is 4.80. The Morgan fingerprint density at radius 1 is 0.744 bits per heavy atom. The van der Waals surface area contributed by atoms with E-state index >= 15 is 0 Å². The van der Waals surface area contributed by atoms with Crippen LogP contribution in [0.5, 0.6) is 0 Å². The summed E-state index contributed by atoms with van der Waals surface area (Å²) in [5.41, 5.74) is 3.80. The number of amides is 2. The standard InChI is InChI=1S/C34H35FN2O2/c1-2-22-36-34(39)32(23-26-12-6-3-7-13-26)37(25-27-18-20-30(35)21-19-27)33(38)24-31(28-14-8-4-9-15-28)29-16-10-5-11-17-29/h3-21,31-32H,2,22-25H2,1H3,(H,36,39). The first-order chi connectivity index (χ1) is 19.0. The molecule has 0 aromatic heterocycles. The molecule has 0 saturated heterocycles. The lowest BCUT2D eigenvalue weighted by Crippen LogP contribution is -2.50. The van der Waals surface area contributed by atoms with Crippen LogP contribution < -0.4 is 5.32 Å². The number of halogens is 1. The summed E-state index contributed by atoms with van der Waals surface area (Å²) in [6.45, 7) is 2.73. The Bertz CT molecular complexity index is 1270. The van der Waals surface area contributed by atoms with Crippen LogP contribution in [-0.2, 0) is 22.6 Å². The van der Waals surface area contributed by atoms with Gasteiger partial charge < -0.3 is 10.2 Å². The van der Waals surface area contributed by atoms with Gasteiger partial charge in [0, 0.05) is 31.8 Å². The van der Waals surface area contributed by atoms with Crippen LogP contribution in [0.1, 0.15) is 47.9 Å². The molecule has 0 saturated carbocycles. The van der Waals surface area contributed by atoms with Crippen LogP contribution >= 0.6 is 0 Å². The van der Waals surface area contributed by atoms with E-state index in [0.717, 1.165) is 28.7 Å². The molecule has 1 unspecified atom stereocenters. The number of carbonyl (C=O) groups excluding carboxylic acids is 2. The van der Waals surface area contributed by atoms with Crippen LogP contribution in [0.25, 0.3) is 0 Å².